The lowest BCUT2D eigenvalue weighted by atomic mass is 10.2. The molecule has 160 valence electrons. The molecule has 0 spiro atoms. The van der Waals surface area contributed by atoms with Crippen LogP contribution in [0.2, 0.25) is 0 Å². The highest BCUT2D eigenvalue weighted by Gasteiger charge is 2.18. The molecule has 0 aliphatic carbocycles. The van der Waals surface area contributed by atoms with Crippen molar-refractivity contribution < 1.29 is 4.74 Å². The number of aryl methyl sites for hydroxylation is 1. The van der Waals surface area contributed by atoms with Crippen molar-refractivity contribution >= 4 is 28.2 Å². The summed E-state index contributed by atoms with van der Waals surface area (Å²) in [6.45, 7) is 7.87. The van der Waals surface area contributed by atoms with Crippen molar-refractivity contribution in [1.82, 2.24) is 24.5 Å². The number of methoxy groups -OCH3 is 1. The van der Waals surface area contributed by atoms with Crippen LogP contribution in [-0.2, 0) is 0 Å². The third-order valence-corrected chi connectivity index (χ3v) is 5.92. The molecule has 0 amide bonds. The van der Waals surface area contributed by atoms with Gasteiger partial charge in [-0.15, -0.1) is 10.2 Å². The standard InChI is InChI=1S/C23H27N7O/c1-17-26-27-23-22(25-20-5-3-4-6-21(20)30(17)23)24-11-12-28-13-15-29(16-14-28)18-7-9-19(31-2)10-8-18/h3-10H,11-16H2,1-2H3,(H,24,25). The van der Waals surface area contributed by atoms with Gasteiger partial charge >= 0.3 is 0 Å². The van der Waals surface area contributed by atoms with Gasteiger partial charge in [-0.05, 0) is 43.3 Å². The summed E-state index contributed by atoms with van der Waals surface area (Å²) in [5.74, 6) is 2.55. The third-order valence-electron chi connectivity index (χ3n) is 5.92. The SMILES string of the molecule is COc1ccc(N2CCN(CCNc3nc4ccccc4n4c(C)nnc34)CC2)cc1. The Hall–Kier alpha value is -3.39. The fraction of sp³-hybridized carbons (Fsp3) is 0.348. The Balaban J connectivity index is 1.20. The first-order chi connectivity index (χ1) is 15.2. The third kappa shape index (κ3) is 3.86. The number of nitrogens with one attached hydrogen (secondary N) is 1. The highest BCUT2D eigenvalue weighted by molar-refractivity contribution is 5.82. The van der Waals surface area contributed by atoms with Crippen molar-refractivity contribution in [1.29, 1.82) is 0 Å². The van der Waals surface area contributed by atoms with E-state index in [4.69, 9.17) is 9.72 Å². The molecular weight excluding hydrogens is 390 g/mol. The van der Waals surface area contributed by atoms with Gasteiger partial charge in [0.15, 0.2) is 5.82 Å². The molecule has 31 heavy (non-hydrogen) atoms. The van der Waals surface area contributed by atoms with E-state index in [2.05, 4.69) is 47.9 Å². The number of anilines is 2. The molecule has 1 fully saturated rings. The summed E-state index contributed by atoms with van der Waals surface area (Å²) in [6, 6.07) is 16.4. The van der Waals surface area contributed by atoms with Crippen molar-refractivity contribution in [3.63, 3.8) is 0 Å². The molecule has 8 nitrogen and oxygen atoms in total. The highest BCUT2D eigenvalue weighted by atomic mass is 16.5. The van der Waals surface area contributed by atoms with Gasteiger partial charge in [-0.2, -0.15) is 0 Å². The molecule has 2 aromatic heterocycles. The van der Waals surface area contributed by atoms with E-state index in [1.807, 2.05) is 37.3 Å². The van der Waals surface area contributed by atoms with Crippen LogP contribution in [0.1, 0.15) is 5.82 Å². The number of benzene rings is 2. The summed E-state index contributed by atoms with van der Waals surface area (Å²) >= 11 is 0. The predicted molar refractivity (Wildman–Crippen MR) is 123 cm³/mol. The second-order valence-corrected chi connectivity index (χ2v) is 7.81. The second-order valence-electron chi connectivity index (χ2n) is 7.81. The smallest absolute Gasteiger partial charge is 0.204 e. The van der Waals surface area contributed by atoms with Crippen LogP contribution in [0, 0.1) is 6.92 Å². The van der Waals surface area contributed by atoms with Crippen LogP contribution in [0.3, 0.4) is 0 Å². The number of hydrogen-bond donors (Lipinski definition) is 1. The van der Waals surface area contributed by atoms with Gasteiger partial charge in [0.1, 0.15) is 11.6 Å². The average molecular weight is 418 g/mol. The van der Waals surface area contributed by atoms with Crippen LogP contribution in [0.4, 0.5) is 11.5 Å². The lowest BCUT2D eigenvalue weighted by molar-refractivity contribution is 0.267. The number of para-hydroxylation sites is 2. The average Bonchev–Trinajstić information content (AvgIpc) is 3.22. The van der Waals surface area contributed by atoms with Crippen LogP contribution in [0.15, 0.2) is 48.5 Å². The molecule has 8 heteroatoms. The lowest BCUT2D eigenvalue weighted by Crippen LogP contribution is -2.47. The molecular formula is C23H27N7O. The first kappa shape index (κ1) is 19.6. The summed E-state index contributed by atoms with van der Waals surface area (Å²) in [6.07, 6.45) is 0. The first-order valence-electron chi connectivity index (χ1n) is 10.7. The first-order valence-corrected chi connectivity index (χ1v) is 10.7. The Morgan fingerprint density at radius 2 is 1.74 bits per heavy atom. The van der Waals surface area contributed by atoms with Crippen molar-refractivity contribution in [2.24, 2.45) is 0 Å². The molecule has 1 aliphatic heterocycles. The minimum Gasteiger partial charge on any atom is -0.497 e. The molecule has 1 N–H and O–H groups in total. The van der Waals surface area contributed by atoms with Gasteiger partial charge in [-0.25, -0.2) is 4.98 Å². The molecule has 5 rings (SSSR count). The quantitative estimate of drug-likeness (QED) is 0.517. The van der Waals surface area contributed by atoms with E-state index < -0.39 is 0 Å². The molecule has 0 bridgehead atoms. The maximum absolute atomic E-state index is 5.26. The van der Waals surface area contributed by atoms with Gasteiger partial charge in [-0.1, -0.05) is 12.1 Å². The number of hydrogen-bond acceptors (Lipinski definition) is 7. The lowest BCUT2D eigenvalue weighted by Gasteiger charge is -2.36. The summed E-state index contributed by atoms with van der Waals surface area (Å²) in [5.41, 5.74) is 4.00. The molecule has 1 saturated heterocycles. The second kappa shape index (κ2) is 8.39. The molecule has 0 radical (unpaired) electrons. The Bertz CT molecular complexity index is 1180. The van der Waals surface area contributed by atoms with Crippen molar-refractivity contribution in [2.75, 3.05) is 56.6 Å². The van der Waals surface area contributed by atoms with Crippen LogP contribution in [0.5, 0.6) is 5.75 Å². The van der Waals surface area contributed by atoms with E-state index in [-0.39, 0.29) is 0 Å². The largest absolute Gasteiger partial charge is 0.497 e. The minimum absolute atomic E-state index is 0.778. The zero-order valence-corrected chi connectivity index (χ0v) is 18.0. The van der Waals surface area contributed by atoms with Gasteiger partial charge in [-0.3, -0.25) is 9.30 Å². The maximum Gasteiger partial charge on any atom is 0.204 e. The Labute approximate surface area is 181 Å². The van der Waals surface area contributed by atoms with Gasteiger partial charge in [0.25, 0.3) is 0 Å². The molecule has 0 unspecified atom stereocenters. The van der Waals surface area contributed by atoms with Gasteiger partial charge in [0.05, 0.1) is 18.1 Å². The summed E-state index contributed by atoms with van der Waals surface area (Å²) < 4.78 is 7.33. The van der Waals surface area contributed by atoms with E-state index >= 15 is 0 Å². The van der Waals surface area contributed by atoms with E-state index in [9.17, 15) is 0 Å². The van der Waals surface area contributed by atoms with Crippen LogP contribution < -0.4 is 15.0 Å². The molecule has 0 saturated carbocycles. The number of ether oxygens (including phenoxy) is 1. The van der Waals surface area contributed by atoms with Gasteiger partial charge in [0, 0.05) is 45.0 Å². The number of aromatic nitrogens is 4. The topological polar surface area (TPSA) is 70.8 Å². The van der Waals surface area contributed by atoms with Crippen molar-refractivity contribution in [3.8, 4) is 5.75 Å². The zero-order chi connectivity index (χ0) is 21.2. The fourth-order valence-electron chi connectivity index (χ4n) is 4.20. The van der Waals surface area contributed by atoms with Gasteiger partial charge < -0.3 is 15.0 Å². The van der Waals surface area contributed by atoms with E-state index in [0.29, 0.717) is 0 Å². The van der Waals surface area contributed by atoms with Gasteiger partial charge in [0.2, 0.25) is 5.65 Å². The minimum atomic E-state index is 0.778. The molecule has 4 aromatic rings. The monoisotopic (exact) mass is 417 g/mol. The molecule has 3 heterocycles. The van der Waals surface area contributed by atoms with E-state index in [1.54, 1.807) is 7.11 Å². The number of rotatable bonds is 6. The van der Waals surface area contributed by atoms with Crippen molar-refractivity contribution in [3.05, 3.63) is 54.4 Å². The number of fused-ring (bicyclic) bond motifs is 3. The van der Waals surface area contributed by atoms with E-state index in [0.717, 1.165) is 73.3 Å². The summed E-state index contributed by atoms with van der Waals surface area (Å²) in [5, 5.41) is 12.1. The Morgan fingerprint density at radius 1 is 0.968 bits per heavy atom. The van der Waals surface area contributed by atoms with Crippen LogP contribution in [-0.4, -0.2) is 70.9 Å². The Kier molecular flexibility index (Phi) is 5.30. The normalized spacial score (nSPS) is 15.0. The number of piperazine rings is 1. The molecule has 2 aromatic carbocycles. The molecule has 1 aliphatic rings. The predicted octanol–water partition coefficient (Wildman–Crippen LogP) is 2.83. The maximum atomic E-state index is 5.26. The van der Waals surface area contributed by atoms with Crippen LogP contribution in [0.25, 0.3) is 16.7 Å². The van der Waals surface area contributed by atoms with Crippen LogP contribution >= 0.6 is 0 Å². The molecule has 0 atom stereocenters. The van der Waals surface area contributed by atoms with Crippen molar-refractivity contribution in [2.45, 2.75) is 6.92 Å². The summed E-state index contributed by atoms with van der Waals surface area (Å²) in [4.78, 5) is 9.71. The zero-order valence-electron chi connectivity index (χ0n) is 18.0. The Morgan fingerprint density at radius 3 is 2.52 bits per heavy atom. The number of nitrogens with zero attached hydrogens (tertiary/aromatic N) is 6. The highest BCUT2D eigenvalue weighted by Crippen LogP contribution is 2.22. The van der Waals surface area contributed by atoms with E-state index in [1.165, 1.54) is 5.69 Å². The summed E-state index contributed by atoms with van der Waals surface area (Å²) in [7, 11) is 1.70. The fourth-order valence-corrected chi connectivity index (χ4v) is 4.20.